The number of carbonyl (C=O) groups is 1. The molecule has 0 atom stereocenters. The van der Waals surface area contributed by atoms with Crippen molar-refractivity contribution in [3.05, 3.63) is 83.8 Å². The number of carbonyl (C=O) groups excluding carboxylic acids is 1. The van der Waals surface area contributed by atoms with Gasteiger partial charge in [-0.2, -0.15) is 0 Å². The molecule has 230 valence electrons. The van der Waals surface area contributed by atoms with Gasteiger partial charge in [-0.15, -0.1) is 0 Å². The zero-order valence-electron chi connectivity index (χ0n) is 24.8. The lowest BCUT2D eigenvalue weighted by atomic mass is 10.2. The lowest BCUT2D eigenvalue weighted by molar-refractivity contribution is 0.0945. The van der Waals surface area contributed by atoms with E-state index in [1.165, 1.54) is 24.6 Å². The molecule has 12 nitrogen and oxygen atoms in total. The molecule has 0 saturated heterocycles. The molecule has 5 rings (SSSR count). The Kier molecular flexibility index (Phi) is 9.55. The van der Waals surface area contributed by atoms with Crippen LogP contribution in [0.2, 0.25) is 0 Å². The molecule has 0 radical (unpaired) electrons. The monoisotopic (exact) mass is 604 g/mol. The Hall–Kier alpha value is -5.17. The molecule has 0 aliphatic carbocycles. The Labute approximate surface area is 253 Å². The number of halogens is 1. The maximum Gasteiger partial charge on any atom is 0.273 e. The molecule has 0 saturated carbocycles. The standard InChI is InChI=1S/C31H33FN6O6/c1-40-25-8-7-19(14-26(25)41-2)38-24-16-28(43-4)27(42-3)15-21(24)36-29(38)9-12-33-13-10-30-37-23(18-44-30)31(39)35-17-22-20(32)6-5-11-34-22/h5-8,11,14-16,18,33H,9-10,12-13,17H2,1-4H3,(H,35,39). The number of nitrogens with one attached hydrogen (secondary N) is 2. The smallest absolute Gasteiger partial charge is 0.273 e. The van der Waals surface area contributed by atoms with Crippen molar-refractivity contribution in [2.75, 3.05) is 41.5 Å². The third-order valence-corrected chi connectivity index (χ3v) is 6.93. The van der Waals surface area contributed by atoms with Crippen LogP contribution in [0.15, 0.2) is 59.3 Å². The van der Waals surface area contributed by atoms with Crippen molar-refractivity contribution in [3.8, 4) is 28.7 Å². The summed E-state index contributed by atoms with van der Waals surface area (Å²) in [6, 6.07) is 12.2. The summed E-state index contributed by atoms with van der Waals surface area (Å²) >= 11 is 0. The second-order valence-electron chi connectivity index (χ2n) is 9.59. The van der Waals surface area contributed by atoms with E-state index < -0.39 is 11.7 Å². The average Bonchev–Trinajstić information content (AvgIpc) is 3.67. The highest BCUT2D eigenvalue weighted by Crippen LogP contribution is 2.36. The van der Waals surface area contributed by atoms with Gasteiger partial charge in [-0.1, -0.05) is 0 Å². The van der Waals surface area contributed by atoms with Crippen LogP contribution < -0.4 is 29.6 Å². The summed E-state index contributed by atoms with van der Waals surface area (Å²) in [7, 11) is 6.38. The molecule has 13 heteroatoms. The molecule has 2 N–H and O–H groups in total. The quantitative estimate of drug-likeness (QED) is 0.180. The van der Waals surface area contributed by atoms with Crippen molar-refractivity contribution in [3.63, 3.8) is 0 Å². The first-order valence-electron chi connectivity index (χ1n) is 13.8. The molecule has 0 aliphatic heterocycles. The van der Waals surface area contributed by atoms with Gasteiger partial charge < -0.3 is 34.0 Å². The predicted octanol–water partition coefficient (Wildman–Crippen LogP) is 3.89. The Morgan fingerprint density at radius 3 is 2.39 bits per heavy atom. The van der Waals surface area contributed by atoms with Crippen LogP contribution in [0.5, 0.6) is 23.0 Å². The number of ether oxygens (including phenoxy) is 4. The first-order chi connectivity index (χ1) is 21.4. The molecule has 0 spiro atoms. The molecule has 5 aromatic rings. The van der Waals surface area contributed by atoms with Crippen LogP contribution in [0, 0.1) is 5.82 Å². The Morgan fingerprint density at radius 1 is 0.909 bits per heavy atom. The minimum atomic E-state index is -0.488. The third kappa shape index (κ3) is 6.57. The number of methoxy groups -OCH3 is 4. The second-order valence-corrected chi connectivity index (χ2v) is 9.59. The normalized spacial score (nSPS) is 11.0. The average molecular weight is 605 g/mol. The van der Waals surface area contributed by atoms with Crippen LogP contribution in [0.4, 0.5) is 4.39 Å². The number of amides is 1. The summed E-state index contributed by atoms with van der Waals surface area (Å²) < 4.78 is 43.3. The fourth-order valence-corrected chi connectivity index (χ4v) is 4.73. The number of pyridine rings is 1. The Bertz CT molecular complexity index is 1750. The van der Waals surface area contributed by atoms with Gasteiger partial charge in [-0.05, 0) is 24.3 Å². The van der Waals surface area contributed by atoms with E-state index in [4.69, 9.17) is 28.3 Å². The minimum absolute atomic E-state index is 0.0527. The first-order valence-corrected chi connectivity index (χ1v) is 13.8. The second kappa shape index (κ2) is 13.9. The number of benzene rings is 2. The topological polar surface area (TPSA) is 135 Å². The van der Waals surface area contributed by atoms with Crippen molar-refractivity contribution in [1.29, 1.82) is 0 Å². The molecule has 0 unspecified atom stereocenters. The van der Waals surface area contributed by atoms with Crippen LogP contribution >= 0.6 is 0 Å². The van der Waals surface area contributed by atoms with Gasteiger partial charge in [-0.3, -0.25) is 14.3 Å². The molecule has 0 bridgehead atoms. The van der Waals surface area contributed by atoms with Gasteiger partial charge >= 0.3 is 0 Å². The van der Waals surface area contributed by atoms with Crippen molar-refractivity contribution in [1.82, 2.24) is 30.2 Å². The van der Waals surface area contributed by atoms with E-state index in [1.54, 1.807) is 28.4 Å². The highest BCUT2D eigenvalue weighted by molar-refractivity contribution is 5.91. The number of rotatable bonds is 14. The Balaban J connectivity index is 1.24. The number of fused-ring (bicyclic) bond motifs is 1. The molecule has 3 aromatic heterocycles. The zero-order chi connectivity index (χ0) is 31.1. The van der Waals surface area contributed by atoms with Crippen LogP contribution in [-0.2, 0) is 19.4 Å². The van der Waals surface area contributed by atoms with Crippen LogP contribution in [0.25, 0.3) is 16.7 Å². The zero-order valence-corrected chi connectivity index (χ0v) is 24.8. The summed E-state index contributed by atoms with van der Waals surface area (Å²) in [5.41, 5.74) is 2.71. The van der Waals surface area contributed by atoms with Gasteiger partial charge in [0.05, 0.1) is 57.4 Å². The number of aromatic nitrogens is 4. The third-order valence-electron chi connectivity index (χ3n) is 6.93. The lowest BCUT2D eigenvalue weighted by Gasteiger charge is -2.14. The van der Waals surface area contributed by atoms with Gasteiger partial charge in [0.25, 0.3) is 5.91 Å². The minimum Gasteiger partial charge on any atom is -0.493 e. The van der Waals surface area contributed by atoms with Crippen LogP contribution in [0.1, 0.15) is 27.9 Å². The number of nitrogens with zero attached hydrogens (tertiary/aromatic N) is 4. The van der Waals surface area contributed by atoms with Crippen molar-refractivity contribution < 1.29 is 32.5 Å². The number of oxazole rings is 1. The molecular formula is C31H33FN6O6. The molecule has 0 aliphatic rings. The molecule has 1 amide bonds. The van der Waals surface area contributed by atoms with E-state index in [1.807, 2.05) is 30.3 Å². The van der Waals surface area contributed by atoms with Crippen LogP contribution in [-0.4, -0.2) is 67.0 Å². The first kappa shape index (κ1) is 30.3. The van der Waals surface area contributed by atoms with Crippen molar-refractivity contribution in [2.45, 2.75) is 19.4 Å². The summed E-state index contributed by atoms with van der Waals surface area (Å²) in [4.78, 5) is 25.5. The number of imidazole rings is 1. The van der Waals surface area contributed by atoms with Gasteiger partial charge in [0.2, 0.25) is 0 Å². The van der Waals surface area contributed by atoms with E-state index in [0.717, 1.165) is 22.5 Å². The predicted molar refractivity (Wildman–Crippen MR) is 159 cm³/mol. The summed E-state index contributed by atoms with van der Waals surface area (Å²) in [5, 5.41) is 5.99. The van der Waals surface area contributed by atoms with E-state index in [0.29, 0.717) is 54.8 Å². The lowest BCUT2D eigenvalue weighted by Crippen LogP contribution is -2.24. The van der Waals surface area contributed by atoms with Gasteiger partial charge in [-0.25, -0.2) is 14.4 Å². The van der Waals surface area contributed by atoms with E-state index in [-0.39, 0.29) is 17.9 Å². The van der Waals surface area contributed by atoms with Gasteiger partial charge in [0.1, 0.15) is 17.9 Å². The summed E-state index contributed by atoms with van der Waals surface area (Å²) in [5.74, 6) is 2.66. The van der Waals surface area contributed by atoms with Crippen molar-refractivity contribution >= 4 is 16.9 Å². The molecule has 2 aromatic carbocycles. The summed E-state index contributed by atoms with van der Waals surface area (Å²) in [6.07, 6.45) is 3.80. The highest BCUT2D eigenvalue weighted by atomic mass is 19.1. The SMILES string of the molecule is COc1ccc(-n2c(CCNCCc3nc(C(=O)NCc4ncccc4F)co3)nc3cc(OC)c(OC)cc32)cc1OC. The maximum atomic E-state index is 13.8. The molecular weight excluding hydrogens is 571 g/mol. The fraction of sp³-hybridized carbons (Fsp3) is 0.290. The highest BCUT2D eigenvalue weighted by Gasteiger charge is 2.18. The van der Waals surface area contributed by atoms with E-state index >= 15 is 0 Å². The van der Waals surface area contributed by atoms with Gasteiger partial charge in [0, 0.05) is 50.3 Å². The fourth-order valence-electron chi connectivity index (χ4n) is 4.73. The number of hydrogen-bond donors (Lipinski definition) is 2. The molecule has 0 fully saturated rings. The molecule has 44 heavy (non-hydrogen) atoms. The van der Waals surface area contributed by atoms with Crippen molar-refractivity contribution in [2.24, 2.45) is 0 Å². The van der Waals surface area contributed by atoms with Gasteiger partial charge in [0.15, 0.2) is 34.6 Å². The largest absolute Gasteiger partial charge is 0.493 e. The maximum absolute atomic E-state index is 13.8. The molecule has 3 heterocycles. The van der Waals surface area contributed by atoms with E-state index in [2.05, 4.69) is 25.2 Å². The Morgan fingerprint density at radius 2 is 1.64 bits per heavy atom. The number of hydrogen-bond acceptors (Lipinski definition) is 10. The summed E-state index contributed by atoms with van der Waals surface area (Å²) in [6.45, 7) is 1.11. The van der Waals surface area contributed by atoms with Crippen LogP contribution in [0.3, 0.4) is 0 Å². The van der Waals surface area contributed by atoms with E-state index in [9.17, 15) is 9.18 Å².